The monoisotopic (exact) mass is 318 g/mol. The van der Waals surface area contributed by atoms with Crippen LogP contribution in [0.3, 0.4) is 0 Å². The van der Waals surface area contributed by atoms with Gasteiger partial charge in [-0.3, -0.25) is 10.1 Å². The molecule has 5 heteroatoms. The Morgan fingerprint density at radius 1 is 1.10 bits per heavy atom. The van der Waals surface area contributed by atoms with E-state index in [1.807, 2.05) is 38.1 Å². The molecule has 0 aliphatic heterocycles. The number of halogens is 1. The lowest BCUT2D eigenvalue weighted by molar-refractivity contribution is 0.0977. The van der Waals surface area contributed by atoms with Crippen molar-refractivity contribution in [3.05, 3.63) is 64.2 Å². The molecule has 0 saturated carbocycles. The van der Waals surface area contributed by atoms with Gasteiger partial charge in [-0.15, -0.1) is 0 Å². The van der Waals surface area contributed by atoms with Gasteiger partial charge >= 0.3 is 0 Å². The van der Waals surface area contributed by atoms with Crippen LogP contribution in [-0.4, -0.2) is 11.0 Å². The molecule has 1 amide bonds. The van der Waals surface area contributed by atoms with E-state index in [1.165, 1.54) is 0 Å². The van der Waals surface area contributed by atoms with Gasteiger partial charge < -0.3 is 5.32 Å². The fraction of sp³-hybridized carbons (Fsp3) is 0.125. The molecule has 0 heterocycles. The van der Waals surface area contributed by atoms with Gasteiger partial charge in [0.2, 0.25) is 0 Å². The number of benzene rings is 2. The third kappa shape index (κ3) is 4.28. The number of hydrogen-bond donors (Lipinski definition) is 2. The van der Waals surface area contributed by atoms with Gasteiger partial charge in [-0.25, -0.2) is 0 Å². The second-order valence-electron chi connectivity index (χ2n) is 4.73. The number of thiocarbonyl (C=S) groups is 1. The van der Waals surface area contributed by atoms with E-state index in [0.717, 1.165) is 16.8 Å². The molecule has 21 heavy (non-hydrogen) atoms. The Kier molecular flexibility index (Phi) is 4.94. The lowest BCUT2D eigenvalue weighted by Crippen LogP contribution is -2.34. The predicted molar refractivity (Wildman–Crippen MR) is 91.1 cm³/mol. The molecule has 0 unspecified atom stereocenters. The van der Waals surface area contributed by atoms with E-state index >= 15 is 0 Å². The highest BCUT2D eigenvalue weighted by molar-refractivity contribution is 7.80. The first kappa shape index (κ1) is 15.5. The molecule has 2 aromatic rings. The molecule has 3 nitrogen and oxygen atoms in total. The summed E-state index contributed by atoms with van der Waals surface area (Å²) in [5, 5.41) is 6.56. The Labute approximate surface area is 134 Å². The normalized spacial score (nSPS) is 10.0. The number of carbonyl (C=O) groups excluding carboxylic acids is 1. The van der Waals surface area contributed by atoms with E-state index < -0.39 is 0 Å². The van der Waals surface area contributed by atoms with E-state index in [1.54, 1.807) is 18.2 Å². The first-order chi connectivity index (χ1) is 9.95. The van der Waals surface area contributed by atoms with E-state index in [4.69, 9.17) is 23.8 Å². The summed E-state index contributed by atoms with van der Waals surface area (Å²) in [4.78, 5) is 12.0. The fourth-order valence-corrected chi connectivity index (χ4v) is 2.23. The van der Waals surface area contributed by atoms with Crippen molar-refractivity contribution >= 4 is 40.5 Å². The van der Waals surface area contributed by atoms with Crippen LogP contribution in [0.15, 0.2) is 42.5 Å². The molecular weight excluding hydrogens is 304 g/mol. The van der Waals surface area contributed by atoms with Crippen LogP contribution in [0, 0.1) is 13.8 Å². The summed E-state index contributed by atoms with van der Waals surface area (Å²) in [5.41, 5.74) is 3.43. The van der Waals surface area contributed by atoms with Crippen LogP contribution in [0.1, 0.15) is 21.5 Å². The lowest BCUT2D eigenvalue weighted by atomic mass is 10.1. The minimum Gasteiger partial charge on any atom is -0.332 e. The minimum atomic E-state index is -0.237. The van der Waals surface area contributed by atoms with Gasteiger partial charge in [0.25, 0.3) is 5.91 Å². The van der Waals surface area contributed by atoms with Gasteiger partial charge in [-0.05, 0) is 62.0 Å². The first-order valence-electron chi connectivity index (χ1n) is 6.41. The second-order valence-corrected chi connectivity index (χ2v) is 5.58. The van der Waals surface area contributed by atoms with Gasteiger partial charge in [0.1, 0.15) is 0 Å². The summed E-state index contributed by atoms with van der Waals surface area (Å²) in [5.74, 6) is -0.237. The fourth-order valence-electron chi connectivity index (χ4n) is 1.80. The van der Waals surface area contributed by atoms with E-state index in [9.17, 15) is 4.79 Å². The van der Waals surface area contributed by atoms with Crippen LogP contribution in [0.5, 0.6) is 0 Å². The summed E-state index contributed by atoms with van der Waals surface area (Å²) in [6, 6.07) is 12.7. The van der Waals surface area contributed by atoms with E-state index in [-0.39, 0.29) is 11.0 Å². The molecule has 0 fully saturated rings. The summed E-state index contributed by atoms with van der Waals surface area (Å²) < 4.78 is 0. The summed E-state index contributed by atoms with van der Waals surface area (Å²) in [6.45, 7) is 3.88. The highest BCUT2D eigenvalue weighted by Crippen LogP contribution is 2.19. The van der Waals surface area contributed by atoms with Crippen LogP contribution in [0.2, 0.25) is 5.02 Å². The van der Waals surface area contributed by atoms with E-state index in [0.29, 0.717) is 10.6 Å². The Morgan fingerprint density at radius 2 is 1.76 bits per heavy atom. The van der Waals surface area contributed by atoms with Crippen molar-refractivity contribution in [3.8, 4) is 0 Å². The number of anilines is 1. The topological polar surface area (TPSA) is 41.1 Å². The standard InChI is InChI=1S/C16H15ClN2OS/c1-10-3-5-12(6-4-10)15(20)19-16(21)18-14-8-7-13(17)9-11(14)2/h3-9H,1-2H3,(H2,18,19,20,21). The predicted octanol–water partition coefficient (Wildman–Crippen LogP) is 4.08. The van der Waals surface area contributed by atoms with Crippen LogP contribution < -0.4 is 10.6 Å². The van der Waals surface area contributed by atoms with Crippen molar-refractivity contribution in [2.75, 3.05) is 5.32 Å². The van der Waals surface area contributed by atoms with Crippen molar-refractivity contribution in [1.29, 1.82) is 0 Å². The molecule has 0 saturated heterocycles. The highest BCUT2D eigenvalue weighted by atomic mass is 35.5. The van der Waals surface area contributed by atoms with Crippen LogP contribution in [-0.2, 0) is 0 Å². The Hall–Kier alpha value is -1.91. The molecule has 0 bridgehead atoms. The van der Waals surface area contributed by atoms with Crippen molar-refractivity contribution in [2.24, 2.45) is 0 Å². The molecular formula is C16H15ClN2OS. The zero-order valence-corrected chi connectivity index (χ0v) is 13.3. The summed E-state index contributed by atoms with van der Waals surface area (Å²) in [7, 11) is 0. The molecule has 0 aromatic heterocycles. The quantitative estimate of drug-likeness (QED) is 0.820. The molecule has 0 radical (unpaired) electrons. The van der Waals surface area contributed by atoms with Gasteiger partial charge in [0.15, 0.2) is 5.11 Å². The van der Waals surface area contributed by atoms with Crippen molar-refractivity contribution in [3.63, 3.8) is 0 Å². The summed E-state index contributed by atoms with van der Waals surface area (Å²) >= 11 is 11.1. The molecule has 2 N–H and O–H groups in total. The maximum atomic E-state index is 12.0. The zero-order valence-electron chi connectivity index (χ0n) is 11.7. The average molecular weight is 319 g/mol. The molecule has 0 aliphatic rings. The number of nitrogens with one attached hydrogen (secondary N) is 2. The number of carbonyl (C=O) groups is 1. The molecule has 0 aliphatic carbocycles. The highest BCUT2D eigenvalue weighted by Gasteiger charge is 2.08. The SMILES string of the molecule is Cc1ccc(C(=O)NC(=S)Nc2ccc(Cl)cc2C)cc1. The Balaban J connectivity index is 2.01. The van der Waals surface area contributed by atoms with Gasteiger partial charge in [0.05, 0.1) is 0 Å². The van der Waals surface area contributed by atoms with Gasteiger partial charge in [0, 0.05) is 16.3 Å². The minimum absolute atomic E-state index is 0.237. The second kappa shape index (κ2) is 6.70. The molecule has 2 rings (SSSR count). The van der Waals surface area contributed by atoms with Crippen molar-refractivity contribution in [2.45, 2.75) is 13.8 Å². The number of aryl methyl sites for hydroxylation is 2. The number of amides is 1. The van der Waals surface area contributed by atoms with Crippen LogP contribution in [0.4, 0.5) is 5.69 Å². The zero-order chi connectivity index (χ0) is 15.4. The Bertz CT molecular complexity index is 683. The average Bonchev–Trinajstić information content (AvgIpc) is 2.42. The van der Waals surface area contributed by atoms with Crippen LogP contribution >= 0.6 is 23.8 Å². The maximum absolute atomic E-state index is 12.0. The molecule has 108 valence electrons. The van der Waals surface area contributed by atoms with Crippen molar-refractivity contribution < 1.29 is 4.79 Å². The van der Waals surface area contributed by atoms with Crippen molar-refractivity contribution in [1.82, 2.24) is 5.32 Å². The Morgan fingerprint density at radius 3 is 2.38 bits per heavy atom. The smallest absolute Gasteiger partial charge is 0.257 e. The molecule has 2 aromatic carbocycles. The van der Waals surface area contributed by atoms with E-state index in [2.05, 4.69) is 10.6 Å². The largest absolute Gasteiger partial charge is 0.332 e. The van der Waals surface area contributed by atoms with Gasteiger partial charge in [-0.1, -0.05) is 29.3 Å². The van der Waals surface area contributed by atoms with Gasteiger partial charge in [-0.2, -0.15) is 0 Å². The number of hydrogen-bond acceptors (Lipinski definition) is 2. The third-order valence-electron chi connectivity index (χ3n) is 2.98. The summed E-state index contributed by atoms with van der Waals surface area (Å²) in [6.07, 6.45) is 0. The maximum Gasteiger partial charge on any atom is 0.257 e. The molecule has 0 spiro atoms. The first-order valence-corrected chi connectivity index (χ1v) is 7.19. The lowest BCUT2D eigenvalue weighted by Gasteiger charge is -2.12. The molecule has 0 atom stereocenters. The number of rotatable bonds is 2. The third-order valence-corrected chi connectivity index (χ3v) is 3.42. The van der Waals surface area contributed by atoms with Crippen LogP contribution in [0.25, 0.3) is 0 Å².